The molecule has 0 amide bonds. The van der Waals surface area contributed by atoms with Gasteiger partial charge in [-0.25, -0.2) is 0 Å². The topological polar surface area (TPSA) is 17.1 Å². The van der Waals surface area contributed by atoms with Crippen molar-refractivity contribution < 1.29 is 4.79 Å². The first-order chi connectivity index (χ1) is 4.22. The van der Waals surface area contributed by atoms with Crippen LogP contribution in [0.5, 0.6) is 0 Å². The molecule has 0 radical (unpaired) electrons. The Morgan fingerprint density at radius 2 is 2.00 bits per heavy atom. The van der Waals surface area contributed by atoms with Crippen LogP contribution in [0.25, 0.3) is 0 Å². The summed E-state index contributed by atoms with van der Waals surface area (Å²) in [6.07, 6.45) is 3.23. The highest BCUT2D eigenvalue weighted by molar-refractivity contribution is 5.53. The van der Waals surface area contributed by atoms with E-state index in [1.165, 1.54) is 0 Å². The molecule has 0 aliphatic heterocycles. The second kappa shape index (κ2) is 4.54. The molecule has 0 aliphatic carbocycles. The van der Waals surface area contributed by atoms with E-state index >= 15 is 0 Å². The summed E-state index contributed by atoms with van der Waals surface area (Å²) in [5, 5.41) is 0. The van der Waals surface area contributed by atoms with Crippen molar-refractivity contribution >= 4 is 6.29 Å². The predicted octanol–water partition coefficient (Wildman–Crippen LogP) is 2.26. The van der Waals surface area contributed by atoms with E-state index in [0.29, 0.717) is 5.92 Å². The molecule has 0 heterocycles. The lowest BCUT2D eigenvalue weighted by Gasteiger charge is -2.11. The summed E-state index contributed by atoms with van der Waals surface area (Å²) in [6.45, 7) is 6.29. The first kappa shape index (κ1) is 8.67. The minimum Gasteiger partial charge on any atom is -0.303 e. The second-order valence-electron chi connectivity index (χ2n) is 2.83. The van der Waals surface area contributed by atoms with Crippen molar-refractivity contribution in [3.8, 4) is 0 Å². The highest BCUT2D eigenvalue weighted by atomic mass is 16.1. The smallest absolute Gasteiger partial charge is 0.123 e. The van der Waals surface area contributed by atoms with E-state index in [1.54, 1.807) is 0 Å². The van der Waals surface area contributed by atoms with Crippen molar-refractivity contribution in [1.29, 1.82) is 0 Å². The van der Waals surface area contributed by atoms with Gasteiger partial charge in [0.15, 0.2) is 0 Å². The van der Waals surface area contributed by atoms with Crippen LogP contribution in [0, 0.1) is 11.8 Å². The molecule has 0 aromatic carbocycles. The molecule has 1 nitrogen and oxygen atoms in total. The lowest BCUT2D eigenvalue weighted by atomic mass is 9.93. The number of aldehydes is 1. The first-order valence-corrected chi connectivity index (χ1v) is 3.67. The maximum atomic E-state index is 10.3. The van der Waals surface area contributed by atoms with Crippen LogP contribution in [0.1, 0.15) is 33.6 Å². The molecule has 0 rings (SSSR count). The minimum absolute atomic E-state index is 0.287. The van der Waals surface area contributed by atoms with E-state index < -0.39 is 0 Å². The summed E-state index contributed by atoms with van der Waals surface area (Å²) < 4.78 is 0. The second-order valence-corrected chi connectivity index (χ2v) is 2.83. The minimum atomic E-state index is 0.287. The van der Waals surface area contributed by atoms with Crippen molar-refractivity contribution in [1.82, 2.24) is 0 Å². The van der Waals surface area contributed by atoms with Crippen LogP contribution >= 0.6 is 0 Å². The van der Waals surface area contributed by atoms with Gasteiger partial charge in [-0.15, -0.1) is 0 Å². The molecular weight excluding hydrogens is 112 g/mol. The summed E-state index contributed by atoms with van der Waals surface area (Å²) in [4.78, 5) is 10.3. The van der Waals surface area contributed by atoms with Gasteiger partial charge in [-0.3, -0.25) is 0 Å². The van der Waals surface area contributed by atoms with Gasteiger partial charge < -0.3 is 4.79 Å². The third-order valence-electron chi connectivity index (χ3n) is 1.65. The quantitative estimate of drug-likeness (QED) is 0.531. The van der Waals surface area contributed by atoms with Crippen LogP contribution in [0.15, 0.2) is 0 Å². The fraction of sp³-hybridized carbons (Fsp3) is 0.875. The maximum Gasteiger partial charge on any atom is 0.123 e. The van der Waals surface area contributed by atoms with Crippen LogP contribution in [-0.4, -0.2) is 6.29 Å². The molecule has 1 heteroatoms. The molecule has 0 saturated carbocycles. The molecule has 1 atom stereocenters. The van der Waals surface area contributed by atoms with Crippen LogP contribution < -0.4 is 0 Å². The van der Waals surface area contributed by atoms with E-state index in [2.05, 4.69) is 20.8 Å². The molecule has 0 spiro atoms. The molecule has 9 heavy (non-hydrogen) atoms. The van der Waals surface area contributed by atoms with Crippen molar-refractivity contribution in [2.75, 3.05) is 0 Å². The highest BCUT2D eigenvalue weighted by Gasteiger charge is 2.09. The maximum absolute atomic E-state index is 10.3. The number of hydrogen-bond donors (Lipinski definition) is 0. The van der Waals surface area contributed by atoms with E-state index in [1.807, 2.05) is 0 Å². The highest BCUT2D eigenvalue weighted by Crippen LogP contribution is 2.13. The first-order valence-electron chi connectivity index (χ1n) is 3.67. The van der Waals surface area contributed by atoms with Crippen LogP contribution in [0.4, 0.5) is 0 Å². The zero-order valence-corrected chi connectivity index (χ0v) is 6.55. The fourth-order valence-corrected chi connectivity index (χ4v) is 0.892. The number of carbonyl (C=O) groups excluding carboxylic acids is 1. The summed E-state index contributed by atoms with van der Waals surface area (Å²) >= 11 is 0. The summed E-state index contributed by atoms with van der Waals surface area (Å²) in [5.74, 6) is 0.803. The average Bonchev–Trinajstić information content (AvgIpc) is 1.82. The van der Waals surface area contributed by atoms with Gasteiger partial charge in [0.2, 0.25) is 0 Å². The van der Waals surface area contributed by atoms with Gasteiger partial charge in [-0.1, -0.05) is 27.2 Å². The zero-order chi connectivity index (χ0) is 7.28. The Hall–Kier alpha value is -0.330. The summed E-state index contributed by atoms with van der Waals surface area (Å²) in [6, 6.07) is 0. The largest absolute Gasteiger partial charge is 0.303 e. The third kappa shape index (κ3) is 3.28. The Bertz CT molecular complexity index is 76.6. The third-order valence-corrected chi connectivity index (χ3v) is 1.65. The molecule has 0 bridgehead atoms. The lowest BCUT2D eigenvalue weighted by molar-refractivity contribution is -0.112. The van der Waals surface area contributed by atoms with Crippen molar-refractivity contribution in [2.45, 2.75) is 33.6 Å². The summed E-state index contributed by atoms with van der Waals surface area (Å²) in [5.41, 5.74) is 0. The molecule has 0 aromatic rings. The van der Waals surface area contributed by atoms with Gasteiger partial charge >= 0.3 is 0 Å². The normalized spacial score (nSPS) is 13.8. The van der Waals surface area contributed by atoms with Gasteiger partial charge in [-0.2, -0.15) is 0 Å². The van der Waals surface area contributed by atoms with E-state index in [-0.39, 0.29) is 5.92 Å². The molecular formula is C8H16O. The number of hydrogen-bond acceptors (Lipinski definition) is 1. The van der Waals surface area contributed by atoms with Gasteiger partial charge in [-0.05, 0) is 12.3 Å². The van der Waals surface area contributed by atoms with Gasteiger partial charge in [0.1, 0.15) is 6.29 Å². The molecule has 54 valence electrons. The van der Waals surface area contributed by atoms with Crippen LogP contribution in [-0.2, 0) is 4.79 Å². The Balaban J connectivity index is 3.54. The Morgan fingerprint density at radius 1 is 1.44 bits per heavy atom. The van der Waals surface area contributed by atoms with Crippen molar-refractivity contribution in [3.63, 3.8) is 0 Å². The molecule has 0 fully saturated rings. The Kier molecular flexibility index (Phi) is 4.37. The van der Waals surface area contributed by atoms with E-state index in [9.17, 15) is 4.79 Å². The fourth-order valence-electron chi connectivity index (χ4n) is 0.892. The standard InChI is InChI=1S/C8H16O/c1-4-5-8(6-9)7(2)3/h6-8H,4-5H2,1-3H3. The Labute approximate surface area is 57.5 Å². The number of carbonyl (C=O) groups is 1. The Morgan fingerprint density at radius 3 is 2.11 bits per heavy atom. The summed E-state index contributed by atoms with van der Waals surface area (Å²) in [7, 11) is 0. The molecule has 0 aliphatic rings. The average molecular weight is 128 g/mol. The SMILES string of the molecule is CCCC(C=O)C(C)C. The van der Waals surface area contributed by atoms with Gasteiger partial charge in [0.05, 0.1) is 0 Å². The zero-order valence-electron chi connectivity index (χ0n) is 6.55. The van der Waals surface area contributed by atoms with E-state index in [0.717, 1.165) is 19.1 Å². The van der Waals surface area contributed by atoms with Gasteiger partial charge in [0.25, 0.3) is 0 Å². The molecule has 0 N–H and O–H groups in total. The van der Waals surface area contributed by atoms with Crippen LogP contribution in [0.3, 0.4) is 0 Å². The van der Waals surface area contributed by atoms with Gasteiger partial charge in [0, 0.05) is 5.92 Å². The monoisotopic (exact) mass is 128 g/mol. The predicted molar refractivity (Wildman–Crippen MR) is 39.3 cm³/mol. The lowest BCUT2D eigenvalue weighted by Crippen LogP contribution is -2.08. The van der Waals surface area contributed by atoms with Crippen molar-refractivity contribution in [3.05, 3.63) is 0 Å². The number of rotatable bonds is 4. The molecule has 0 aromatic heterocycles. The molecule has 0 saturated heterocycles. The molecule has 1 unspecified atom stereocenters. The van der Waals surface area contributed by atoms with Crippen LogP contribution in [0.2, 0.25) is 0 Å². The van der Waals surface area contributed by atoms with E-state index in [4.69, 9.17) is 0 Å². The van der Waals surface area contributed by atoms with Crippen molar-refractivity contribution in [2.24, 2.45) is 11.8 Å².